The number of allylic oxidation sites excluding steroid dienone is 4. The molecular weight excluding hydrogens is 316 g/mol. The summed E-state index contributed by atoms with van der Waals surface area (Å²) in [6.45, 7) is 4.14. The fourth-order valence-electron chi connectivity index (χ4n) is 1.93. The summed E-state index contributed by atoms with van der Waals surface area (Å²) in [6, 6.07) is 7.88. The Morgan fingerprint density at radius 1 is 1.08 bits per heavy atom. The maximum atomic E-state index is 4.60. The molecule has 0 saturated heterocycles. The molecule has 3 aromatic rings. The average Bonchev–Trinajstić information content (AvgIpc) is 3.06. The molecule has 3 heterocycles. The Labute approximate surface area is 147 Å². The molecule has 5 heteroatoms. The third-order valence-corrected chi connectivity index (χ3v) is 4.10. The standard InChI is InChI=1S/C12H10N4S.C7H12/c1-13-12-16-10-3-2-9(15-11(10)17-12)8-4-6-14-7-5-8;1-3-5-7-6-4-2/h2-7H,1H3,(H,13,16);3,5-7H,4H2,1-2H3/b;5-3+,7-6+. The van der Waals surface area contributed by atoms with Gasteiger partial charge in [-0.3, -0.25) is 4.98 Å². The van der Waals surface area contributed by atoms with E-state index in [4.69, 9.17) is 0 Å². The van der Waals surface area contributed by atoms with Crippen LogP contribution in [0.15, 0.2) is 61.0 Å². The summed E-state index contributed by atoms with van der Waals surface area (Å²) in [5, 5.41) is 3.92. The third-order valence-electron chi connectivity index (χ3n) is 3.12. The average molecular weight is 338 g/mol. The van der Waals surface area contributed by atoms with Crippen LogP contribution < -0.4 is 5.32 Å². The van der Waals surface area contributed by atoms with E-state index >= 15 is 0 Å². The molecule has 0 radical (unpaired) electrons. The Bertz CT molecular complexity index is 807. The van der Waals surface area contributed by atoms with Crippen LogP contribution in [-0.4, -0.2) is 22.0 Å². The Morgan fingerprint density at radius 3 is 2.54 bits per heavy atom. The fraction of sp³-hybridized carbons (Fsp3) is 0.211. The second kappa shape index (κ2) is 9.57. The summed E-state index contributed by atoms with van der Waals surface area (Å²) in [4.78, 5) is 14.0. The molecule has 0 aliphatic heterocycles. The number of rotatable bonds is 4. The molecule has 0 spiro atoms. The van der Waals surface area contributed by atoms with Gasteiger partial charge in [-0.1, -0.05) is 42.6 Å². The van der Waals surface area contributed by atoms with Crippen molar-refractivity contribution in [3.05, 3.63) is 61.0 Å². The van der Waals surface area contributed by atoms with Gasteiger partial charge in [0.25, 0.3) is 0 Å². The van der Waals surface area contributed by atoms with Crippen molar-refractivity contribution in [3.8, 4) is 11.3 Å². The number of hydrogen-bond donors (Lipinski definition) is 1. The van der Waals surface area contributed by atoms with Crippen molar-refractivity contribution in [2.45, 2.75) is 20.3 Å². The van der Waals surface area contributed by atoms with E-state index in [0.717, 1.165) is 33.2 Å². The molecule has 0 saturated carbocycles. The zero-order valence-electron chi connectivity index (χ0n) is 14.2. The SMILES string of the molecule is C/C=C/C=C/CC.CNc1nc2ccc(-c3ccncc3)nc2s1. The molecule has 1 N–H and O–H groups in total. The van der Waals surface area contributed by atoms with E-state index in [1.165, 1.54) is 0 Å². The molecule has 4 nitrogen and oxygen atoms in total. The number of anilines is 1. The summed E-state index contributed by atoms with van der Waals surface area (Å²) >= 11 is 1.56. The molecule has 124 valence electrons. The molecule has 0 amide bonds. The minimum Gasteiger partial charge on any atom is -0.365 e. The minimum absolute atomic E-state index is 0.888. The van der Waals surface area contributed by atoms with E-state index < -0.39 is 0 Å². The summed E-state index contributed by atoms with van der Waals surface area (Å²) in [5.74, 6) is 0. The van der Waals surface area contributed by atoms with E-state index in [0.29, 0.717) is 0 Å². The highest BCUT2D eigenvalue weighted by molar-refractivity contribution is 7.21. The van der Waals surface area contributed by atoms with Gasteiger partial charge in [-0.05, 0) is 37.6 Å². The van der Waals surface area contributed by atoms with Crippen molar-refractivity contribution in [2.75, 3.05) is 12.4 Å². The maximum Gasteiger partial charge on any atom is 0.185 e. The summed E-state index contributed by atoms with van der Waals surface area (Å²) in [5.41, 5.74) is 2.95. The van der Waals surface area contributed by atoms with E-state index in [9.17, 15) is 0 Å². The largest absolute Gasteiger partial charge is 0.365 e. The molecule has 0 fully saturated rings. The second-order valence-corrected chi connectivity index (χ2v) is 5.87. The van der Waals surface area contributed by atoms with Crippen LogP contribution in [0.3, 0.4) is 0 Å². The zero-order chi connectivity index (χ0) is 17.2. The van der Waals surface area contributed by atoms with E-state index in [2.05, 4.69) is 39.3 Å². The normalized spacial score (nSPS) is 11.0. The number of nitrogens with zero attached hydrogens (tertiary/aromatic N) is 3. The minimum atomic E-state index is 0.888. The van der Waals surface area contributed by atoms with Gasteiger partial charge in [0.1, 0.15) is 10.3 Å². The lowest BCUT2D eigenvalue weighted by atomic mass is 10.2. The van der Waals surface area contributed by atoms with Crippen molar-refractivity contribution in [1.29, 1.82) is 0 Å². The molecule has 24 heavy (non-hydrogen) atoms. The fourth-order valence-corrected chi connectivity index (χ4v) is 2.72. The molecule has 3 aromatic heterocycles. The summed E-state index contributed by atoms with van der Waals surface area (Å²) in [6.07, 6.45) is 12.9. The Kier molecular flexibility index (Phi) is 7.11. The van der Waals surface area contributed by atoms with Gasteiger partial charge >= 0.3 is 0 Å². The van der Waals surface area contributed by atoms with Gasteiger partial charge < -0.3 is 5.32 Å². The van der Waals surface area contributed by atoms with Crippen LogP contribution in [0.25, 0.3) is 21.6 Å². The van der Waals surface area contributed by atoms with E-state index in [-0.39, 0.29) is 0 Å². The Balaban J connectivity index is 0.000000256. The number of fused-ring (bicyclic) bond motifs is 1. The molecule has 0 aliphatic carbocycles. The van der Waals surface area contributed by atoms with Gasteiger partial charge in [0.2, 0.25) is 0 Å². The number of hydrogen-bond acceptors (Lipinski definition) is 5. The van der Waals surface area contributed by atoms with Crippen LogP contribution in [0.1, 0.15) is 20.3 Å². The van der Waals surface area contributed by atoms with Crippen LogP contribution in [0.4, 0.5) is 5.13 Å². The molecule has 0 unspecified atom stereocenters. The zero-order valence-corrected chi connectivity index (χ0v) is 15.0. The highest BCUT2D eigenvalue weighted by Gasteiger charge is 2.05. The summed E-state index contributed by atoms with van der Waals surface area (Å²) < 4.78 is 0. The predicted molar refractivity (Wildman–Crippen MR) is 104 cm³/mol. The van der Waals surface area contributed by atoms with Gasteiger partial charge in [-0.15, -0.1) is 0 Å². The van der Waals surface area contributed by atoms with Crippen molar-refractivity contribution in [2.24, 2.45) is 0 Å². The highest BCUT2D eigenvalue weighted by Crippen LogP contribution is 2.26. The first kappa shape index (κ1) is 17.8. The van der Waals surface area contributed by atoms with Crippen LogP contribution >= 0.6 is 11.3 Å². The van der Waals surface area contributed by atoms with Crippen LogP contribution in [0, 0.1) is 0 Å². The monoisotopic (exact) mass is 338 g/mol. The predicted octanol–water partition coefficient (Wildman–Crippen LogP) is 5.32. The molecular formula is C19H22N4S. The van der Waals surface area contributed by atoms with Crippen LogP contribution in [0.5, 0.6) is 0 Å². The first-order valence-electron chi connectivity index (χ1n) is 7.92. The lowest BCUT2D eigenvalue weighted by Crippen LogP contribution is -1.84. The number of nitrogens with one attached hydrogen (secondary N) is 1. The third kappa shape index (κ3) is 4.99. The van der Waals surface area contributed by atoms with Gasteiger partial charge in [-0.2, -0.15) is 0 Å². The van der Waals surface area contributed by atoms with Crippen LogP contribution in [-0.2, 0) is 0 Å². The van der Waals surface area contributed by atoms with Gasteiger partial charge in [0, 0.05) is 25.0 Å². The second-order valence-electron chi connectivity index (χ2n) is 4.89. The quantitative estimate of drug-likeness (QED) is 0.654. The Hall–Kier alpha value is -2.53. The number of thiazole rings is 1. The first-order valence-corrected chi connectivity index (χ1v) is 8.73. The first-order chi connectivity index (χ1) is 11.8. The van der Waals surface area contributed by atoms with E-state index in [1.807, 2.05) is 50.4 Å². The topological polar surface area (TPSA) is 50.7 Å². The number of pyridine rings is 2. The summed E-state index contributed by atoms with van der Waals surface area (Å²) in [7, 11) is 1.86. The molecule has 3 rings (SSSR count). The Morgan fingerprint density at radius 2 is 1.88 bits per heavy atom. The van der Waals surface area contributed by atoms with E-state index in [1.54, 1.807) is 23.7 Å². The highest BCUT2D eigenvalue weighted by atomic mass is 32.1. The lowest BCUT2D eigenvalue weighted by Gasteiger charge is -1.98. The lowest BCUT2D eigenvalue weighted by molar-refractivity contribution is 1.22. The van der Waals surface area contributed by atoms with Gasteiger partial charge in [-0.25, -0.2) is 9.97 Å². The van der Waals surface area contributed by atoms with Crippen molar-refractivity contribution in [3.63, 3.8) is 0 Å². The van der Waals surface area contributed by atoms with Crippen molar-refractivity contribution >= 4 is 26.8 Å². The van der Waals surface area contributed by atoms with Gasteiger partial charge in [0.15, 0.2) is 5.13 Å². The number of aromatic nitrogens is 3. The molecule has 0 aromatic carbocycles. The van der Waals surface area contributed by atoms with Crippen molar-refractivity contribution in [1.82, 2.24) is 15.0 Å². The molecule has 0 aliphatic rings. The molecule has 0 atom stereocenters. The smallest absolute Gasteiger partial charge is 0.185 e. The van der Waals surface area contributed by atoms with Gasteiger partial charge in [0.05, 0.1) is 5.69 Å². The van der Waals surface area contributed by atoms with Crippen molar-refractivity contribution < 1.29 is 0 Å². The maximum absolute atomic E-state index is 4.60. The van der Waals surface area contributed by atoms with Crippen LogP contribution in [0.2, 0.25) is 0 Å². The molecule has 0 bridgehead atoms.